The van der Waals surface area contributed by atoms with Crippen LogP contribution in [-0.4, -0.2) is 42.2 Å². The Morgan fingerprint density at radius 1 is 0.471 bits per heavy atom. The first kappa shape index (κ1) is 65.8. The van der Waals surface area contributed by atoms with Gasteiger partial charge in [0.1, 0.15) is 0 Å². The van der Waals surface area contributed by atoms with Crippen LogP contribution in [0.4, 0.5) is 0 Å². The van der Waals surface area contributed by atoms with Crippen molar-refractivity contribution < 1.29 is 108 Å². The van der Waals surface area contributed by atoms with E-state index in [4.69, 9.17) is 37.3 Å². The Bertz CT molecular complexity index is 57.2. The molecule has 0 aliphatic heterocycles. The van der Waals surface area contributed by atoms with E-state index in [0.717, 1.165) is 0 Å². The molecule has 14 nitrogen and oxygen atoms in total. The molecule has 1 radical (unpaired) electrons. The maximum Gasteiger partial charge on any atom is 0.0777 e. The molecule has 0 aliphatic rings. The van der Waals surface area contributed by atoms with Crippen LogP contribution in [-0.2, 0) is 17.1 Å². The summed E-state index contributed by atoms with van der Waals surface area (Å²) < 4.78 is 65.4. The normalized spacial score (nSPS) is 7.06. The summed E-state index contributed by atoms with van der Waals surface area (Å²) in [6.07, 6.45) is 0. The number of rotatable bonds is 0. The van der Waals surface area contributed by atoms with Crippen molar-refractivity contribution in [3.05, 3.63) is 0 Å². The van der Waals surface area contributed by atoms with Crippen molar-refractivity contribution in [2.75, 3.05) is 0 Å². The van der Waals surface area contributed by atoms with E-state index >= 15 is 0 Å². The van der Waals surface area contributed by atoms with Crippen molar-refractivity contribution >= 4 is 0 Å². The molecule has 0 aromatic heterocycles. The van der Waals surface area contributed by atoms with Crippen molar-refractivity contribution in [2.45, 2.75) is 0 Å². The van der Waals surface area contributed by atoms with Crippen LogP contribution in [0.15, 0.2) is 0 Å². The molecular formula is H14Cl2MnO14. The van der Waals surface area contributed by atoms with Crippen molar-refractivity contribution in [1.82, 2.24) is 0 Å². The third-order valence-corrected chi connectivity index (χ3v) is 0. The molecule has 0 spiro atoms. The predicted octanol–water partition coefficient (Wildman–Crippen LogP) is -13.2. The van der Waals surface area contributed by atoms with Gasteiger partial charge in [-0.15, -0.1) is 0 Å². The van der Waals surface area contributed by atoms with E-state index in [1.54, 1.807) is 0 Å². The molecule has 0 aliphatic carbocycles. The Hall–Kier alpha value is 0.539. The van der Waals surface area contributed by atoms with Gasteiger partial charge in [0.15, 0.2) is 0 Å². The zero-order valence-corrected chi connectivity index (χ0v) is 10.2. The summed E-state index contributed by atoms with van der Waals surface area (Å²) in [6.45, 7) is 0. The minimum atomic E-state index is -4.69. The first-order valence-electron chi connectivity index (χ1n) is 1.26. The van der Waals surface area contributed by atoms with Crippen LogP contribution in [0.1, 0.15) is 0 Å². The van der Waals surface area contributed by atoms with Crippen molar-refractivity contribution in [1.29, 1.82) is 0 Å². The van der Waals surface area contributed by atoms with E-state index in [2.05, 4.69) is 0 Å². The van der Waals surface area contributed by atoms with E-state index in [9.17, 15) is 0 Å². The fraction of sp³-hybridized carbons (Fsp3) is 0. The monoisotopic (exact) mass is 363 g/mol. The van der Waals surface area contributed by atoms with E-state index in [1.807, 2.05) is 0 Å². The number of hydrogen-bond acceptors (Lipinski definition) is 8. The Kier molecular flexibility index (Phi) is 98.3. The van der Waals surface area contributed by atoms with Crippen LogP contribution in [0.3, 0.4) is 0 Å². The van der Waals surface area contributed by atoms with Crippen LogP contribution in [0.5, 0.6) is 0 Å². The third-order valence-electron chi connectivity index (χ3n) is 0. The topological polar surface area (TPSA) is 368 Å². The van der Waals surface area contributed by atoms with Crippen LogP contribution >= 0.6 is 0 Å². The number of hydrogen-bond donors (Lipinski definition) is 2. The van der Waals surface area contributed by atoms with E-state index in [0.29, 0.717) is 0 Å². The summed E-state index contributed by atoms with van der Waals surface area (Å²) in [5.74, 6) is 0. The van der Waals surface area contributed by atoms with Crippen molar-refractivity contribution in [3.63, 3.8) is 0 Å². The van der Waals surface area contributed by atoms with Gasteiger partial charge in [-0.2, -0.15) is 28.0 Å². The summed E-state index contributed by atoms with van der Waals surface area (Å²) in [6, 6.07) is 0. The second kappa shape index (κ2) is 25.4. The van der Waals surface area contributed by atoms with Crippen LogP contribution in [0.25, 0.3) is 0 Å². The quantitative estimate of drug-likeness (QED) is 0.387. The minimum absolute atomic E-state index is 0. The standard InChI is InChI=1S/2ClHO4.Mn.6H2O/c2*2-1(3,4)5;;;;;;;/h2*(H,2,3,4,5);;6*1H2. The predicted molar refractivity (Wildman–Crippen MR) is 26.1 cm³/mol. The molecule has 0 amide bonds. The molecule has 0 saturated carbocycles. The second-order valence-corrected chi connectivity index (χ2v) is 2.38. The SMILES string of the molecule is O.O.O.O.O.O.[Mn].[O-][Cl+3]([O-])([O-])O.[O-][Cl+3]([O-])([O-])O. The summed E-state index contributed by atoms with van der Waals surface area (Å²) in [4.78, 5) is 0. The molecule has 0 aromatic carbocycles. The Morgan fingerprint density at radius 2 is 0.471 bits per heavy atom. The van der Waals surface area contributed by atoms with Crippen LogP contribution in [0, 0.1) is 20.5 Å². The fourth-order valence-corrected chi connectivity index (χ4v) is 0. The average molecular weight is 364 g/mol. The fourth-order valence-electron chi connectivity index (χ4n) is 0. The maximum atomic E-state index is 8.60. The van der Waals surface area contributed by atoms with Gasteiger partial charge in [-0.3, -0.25) is 0 Å². The molecule has 14 N–H and O–H groups in total. The molecule has 0 rings (SSSR count). The van der Waals surface area contributed by atoms with Crippen molar-refractivity contribution in [3.8, 4) is 0 Å². The molecule has 119 valence electrons. The number of halogens is 2. The summed E-state index contributed by atoms with van der Waals surface area (Å²) in [5, 5.41) is 0. The van der Waals surface area contributed by atoms with Gasteiger partial charge in [-0.05, 0) is 0 Å². The zero-order valence-electron chi connectivity index (χ0n) is 7.48. The molecule has 0 atom stereocenters. The largest absolute Gasteiger partial charge is 0.412 e. The average Bonchev–Trinajstić information content (AvgIpc) is 1.12. The van der Waals surface area contributed by atoms with Gasteiger partial charge in [-0.1, -0.05) is 0 Å². The molecular weight excluding hydrogens is 350 g/mol. The molecule has 17 heteroatoms. The summed E-state index contributed by atoms with van der Waals surface area (Å²) in [7, 11) is -9.39. The molecule has 0 heterocycles. The van der Waals surface area contributed by atoms with Gasteiger partial charge in [0, 0.05) is 17.1 Å². The molecule has 0 bridgehead atoms. The van der Waals surface area contributed by atoms with Gasteiger partial charge < -0.3 is 32.9 Å². The molecule has 0 unspecified atom stereocenters. The van der Waals surface area contributed by atoms with Gasteiger partial charge in [0.2, 0.25) is 0 Å². The summed E-state index contributed by atoms with van der Waals surface area (Å²) >= 11 is 0. The smallest absolute Gasteiger partial charge is 0.0777 e. The van der Waals surface area contributed by atoms with E-state index in [1.165, 1.54) is 0 Å². The Labute approximate surface area is 108 Å². The minimum Gasteiger partial charge on any atom is -0.412 e. The van der Waals surface area contributed by atoms with Gasteiger partial charge in [-0.25, -0.2) is 0 Å². The molecule has 0 saturated heterocycles. The summed E-state index contributed by atoms with van der Waals surface area (Å²) in [5.41, 5.74) is 0. The first-order valence-corrected chi connectivity index (χ1v) is 3.79. The first-order chi connectivity index (χ1) is 4.00. The van der Waals surface area contributed by atoms with Gasteiger partial charge >= 0.3 is 0 Å². The molecule has 17 heavy (non-hydrogen) atoms. The van der Waals surface area contributed by atoms with Gasteiger partial charge in [0.05, 0.1) is 29.8 Å². The molecule has 0 fully saturated rings. The van der Waals surface area contributed by atoms with Crippen LogP contribution in [0.2, 0.25) is 0 Å². The Balaban J connectivity index is -0.00000000762. The zero-order chi connectivity index (χ0) is 9.00. The molecule has 0 aromatic rings. The van der Waals surface area contributed by atoms with Gasteiger partial charge in [0.25, 0.3) is 0 Å². The van der Waals surface area contributed by atoms with Crippen molar-refractivity contribution in [2.24, 2.45) is 0 Å². The Morgan fingerprint density at radius 3 is 0.471 bits per heavy atom. The van der Waals surface area contributed by atoms with E-state index in [-0.39, 0.29) is 49.9 Å². The second-order valence-electron chi connectivity index (χ2n) is 0.792. The maximum absolute atomic E-state index is 8.60. The van der Waals surface area contributed by atoms with E-state index < -0.39 is 20.5 Å². The van der Waals surface area contributed by atoms with Crippen LogP contribution < -0.4 is 28.0 Å². The third kappa shape index (κ3) is 12000.